The fourth-order valence-electron chi connectivity index (χ4n) is 2.40. The van der Waals surface area contributed by atoms with Crippen LogP contribution in [0.3, 0.4) is 0 Å². The Bertz CT molecular complexity index is 398. The highest BCUT2D eigenvalue weighted by Crippen LogP contribution is 2.29. The highest BCUT2D eigenvalue weighted by atomic mass is 16.4. The van der Waals surface area contributed by atoms with Crippen LogP contribution < -0.4 is 0 Å². The maximum atomic E-state index is 10.6. The molecule has 86 valence electrons. The largest absolute Gasteiger partial charge is 0.481 e. The Balaban J connectivity index is 2.29. The van der Waals surface area contributed by atoms with Gasteiger partial charge in [0.15, 0.2) is 0 Å². The number of carbonyl (C=O) groups is 1. The third-order valence-corrected chi connectivity index (χ3v) is 3.16. The van der Waals surface area contributed by atoms with Gasteiger partial charge in [-0.05, 0) is 42.4 Å². The van der Waals surface area contributed by atoms with Crippen LogP contribution >= 0.6 is 0 Å². The van der Waals surface area contributed by atoms with Crippen LogP contribution in [0.2, 0.25) is 0 Å². The zero-order valence-electron chi connectivity index (χ0n) is 9.15. The third-order valence-electron chi connectivity index (χ3n) is 3.16. The van der Waals surface area contributed by atoms with Gasteiger partial charge in [-0.25, -0.2) is 0 Å². The summed E-state index contributed by atoms with van der Waals surface area (Å²) in [6.45, 7) is 0. The van der Waals surface area contributed by atoms with E-state index in [2.05, 4.69) is 6.07 Å². The van der Waals surface area contributed by atoms with Gasteiger partial charge in [0.25, 0.3) is 0 Å². The van der Waals surface area contributed by atoms with Crippen LogP contribution in [0.1, 0.15) is 42.1 Å². The van der Waals surface area contributed by atoms with E-state index in [1.807, 2.05) is 12.1 Å². The summed E-state index contributed by atoms with van der Waals surface area (Å²) in [5.41, 5.74) is 3.25. The second-order valence-corrected chi connectivity index (χ2v) is 4.31. The van der Waals surface area contributed by atoms with Crippen LogP contribution in [-0.2, 0) is 17.6 Å². The Hall–Kier alpha value is -1.35. The maximum absolute atomic E-state index is 10.6. The lowest BCUT2D eigenvalue weighted by atomic mass is 9.86. The first-order chi connectivity index (χ1) is 7.68. The summed E-state index contributed by atoms with van der Waals surface area (Å²) in [6.07, 6.45) is 3.24. The summed E-state index contributed by atoms with van der Waals surface area (Å²) in [7, 11) is 0. The second kappa shape index (κ2) is 4.66. The van der Waals surface area contributed by atoms with Gasteiger partial charge in [-0.2, -0.15) is 0 Å². The number of carboxylic acids is 1. The Morgan fingerprint density at radius 2 is 2.06 bits per heavy atom. The van der Waals surface area contributed by atoms with Crippen molar-refractivity contribution in [1.29, 1.82) is 0 Å². The second-order valence-electron chi connectivity index (χ2n) is 4.31. The summed E-state index contributed by atoms with van der Waals surface area (Å²) in [4.78, 5) is 10.6. The van der Waals surface area contributed by atoms with E-state index in [0.29, 0.717) is 0 Å². The van der Waals surface area contributed by atoms with Crippen molar-refractivity contribution in [3.05, 3.63) is 34.9 Å². The zero-order valence-corrected chi connectivity index (χ0v) is 9.15. The number of carboxylic acid groups (broad SMARTS) is 1. The van der Waals surface area contributed by atoms with E-state index in [1.165, 1.54) is 17.5 Å². The fraction of sp³-hybridized carbons (Fsp3) is 0.462. The topological polar surface area (TPSA) is 57.5 Å². The first-order valence-electron chi connectivity index (χ1n) is 5.69. The molecular formula is C13H16O3. The van der Waals surface area contributed by atoms with Crippen LogP contribution in [-0.4, -0.2) is 16.2 Å². The molecule has 0 spiro atoms. The number of hydrogen-bond acceptors (Lipinski definition) is 2. The SMILES string of the molecule is O=C(O)C[C@@H](O)c1cccc2c1CCCC2. The predicted octanol–water partition coefficient (Wildman–Crippen LogP) is 2.07. The molecular weight excluding hydrogens is 204 g/mol. The van der Waals surface area contributed by atoms with E-state index in [9.17, 15) is 9.90 Å². The summed E-state index contributed by atoms with van der Waals surface area (Å²) in [5, 5.41) is 18.6. The predicted molar refractivity (Wildman–Crippen MR) is 60.3 cm³/mol. The molecule has 0 aromatic heterocycles. The van der Waals surface area contributed by atoms with Gasteiger partial charge >= 0.3 is 5.97 Å². The monoisotopic (exact) mass is 220 g/mol. The molecule has 0 aliphatic heterocycles. The van der Waals surface area contributed by atoms with Crippen molar-refractivity contribution in [3.63, 3.8) is 0 Å². The average molecular weight is 220 g/mol. The van der Waals surface area contributed by atoms with Crippen molar-refractivity contribution in [2.75, 3.05) is 0 Å². The molecule has 3 nitrogen and oxygen atoms in total. The Morgan fingerprint density at radius 1 is 1.31 bits per heavy atom. The van der Waals surface area contributed by atoms with Gasteiger partial charge in [0.1, 0.15) is 0 Å². The molecule has 3 heteroatoms. The number of aliphatic hydroxyl groups is 1. The third kappa shape index (κ3) is 2.25. The van der Waals surface area contributed by atoms with Gasteiger partial charge in [0.2, 0.25) is 0 Å². The number of benzene rings is 1. The van der Waals surface area contributed by atoms with Crippen molar-refractivity contribution in [2.24, 2.45) is 0 Å². The molecule has 0 amide bonds. The van der Waals surface area contributed by atoms with Crippen LogP contribution in [0.25, 0.3) is 0 Å². The van der Waals surface area contributed by atoms with Crippen LogP contribution in [0.4, 0.5) is 0 Å². The molecule has 0 unspecified atom stereocenters. The number of aryl methyl sites for hydroxylation is 1. The van der Waals surface area contributed by atoms with Crippen LogP contribution in [0.15, 0.2) is 18.2 Å². The Morgan fingerprint density at radius 3 is 2.81 bits per heavy atom. The molecule has 0 heterocycles. The van der Waals surface area contributed by atoms with Gasteiger partial charge < -0.3 is 10.2 Å². The van der Waals surface area contributed by atoms with Gasteiger partial charge in [0, 0.05) is 0 Å². The molecule has 2 N–H and O–H groups in total. The van der Waals surface area contributed by atoms with Crippen LogP contribution in [0.5, 0.6) is 0 Å². The Labute approximate surface area is 94.7 Å². The minimum atomic E-state index is -0.957. The summed E-state index contributed by atoms with van der Waals surface area (Å²) in [5.74, 6) is -0.957. The van der Waals surface area contributed by atoms with Crippen molar-refractivity contribution >= 4 is 5.97 Å². The van der Waals surface area contributed by atoms with Crippen LogP contribution in [0, 0.1) is 0 Å². The minimum absolute atomic E-state index is 0.212. The smallest absolute Gasteiger partial charge is 0.306 e. The van der Waals surface area contributed by atoms with Crippen molar-refractivity contribution < 1.29 is 15.0 Å². The first kappa shape index (κ1) is 11.1. The standard InChI is InChI=1S/C13H16O3/c14-12(8-13(15)16)11-7-3-5-9-4-1-2-6-10(9)11/h3,5,7,12,14H,1-2,4,6,8H2,(H,15,16)/t12-/m1/s1. The quantitative estimate of drug-likeness (QED) is 0.819. The molecule has 1 atom stereocenters. The van der Waals surface area contributed by atoms with Crippen molar-refractivity contribution in [3.8, 4) is 0 Å². The molecule has 1 aliphatic carbocycles. The molecule has 16 heavy (non-hydrogen) atoms. The highest BCUT2D eigenvalue weighted by molar-refractivity contribution is 5.67. The minimum Gasteiger partial charge on any atom is -0.481 e. The molecule has 2 rings (SSSR count). The summed E-state index contributed by atoms with van der Waals surface area (Å²) in [6, 6.07) is 5.83. The van der Waals surface area contributed by atoms with Crippen molar-refractivity contribution in [1.82, 2.24) is 0 Å². The average Bonchev–Trinajstić information content (AvgIpc) is 2.27. The summed E-state index contributed by atoms with van der Waals surface area (Å²) >= 11 is 0. The normalized spacial score (nSPS) is 16.6. The van der Waals surface area contributed by atoms with E-state index >= 15 is 0 Å². The summed E-state index contributed by atoms with van der Waals surface area (Å²) < 4.78 is 0. The van der Waals surface area contributed by atoms with Gasteiger partial charge in [0.05, 0.1) is 12.5 Å². The number of rotatable bonds is 3. The number of aliphatic hydroxyl groups excluding tert-OH is 1. The molecule has 1 aromatic carbocycles. The lowest BCUT2D eigenvalue weighted by Gasteiger charge is -2.21. The maximum Gasteiger partial charge on any atom is 0.306 e. The van der Waals surface area contributed by atoms with E-state index < -0.39 is 12.1 Å². The molecule has 0 radical (unpaired) electrons. The fourth-order valence-corrected chi connectivity index (χ4v) is 2.40. The molecule has 0 saturated carbocycles. The van der Waals surface area contributed by atoms with E-state index in [1.54, 1.807) is 0 Å². The van der Waals surface area contributed by atoms with Gasteiger partial charge in [-0.15, -0.1) is 0 Å². The van der Waals surface area contributed by atoms with Gasteiger partial charge in [-0.3, -0.25) is 4.79 Å². The zero-order chi connectivity index (χ0) is 11.5. The number of hydrogen-bond donors (Lipinski definition) is 2. The van der Waals surface area contributed by atoms with Crippen molar-refractivity contribution in [2.45, 2.75) is 38.2 Å². The molecule has 0 saturated heterocycles. The molecule has 1 aromatic rings. The molecule has 1 aliphatic rings. The van der Waals surface area contributed by atoms with E-state index in [-0.39, 0.29) is 6.42 Å². The number of fused-ring (bicyclic) bond motifs is 1. The Kier molecular flexibility index (Phi) is 3.25. The highest BCUT2D eigenvalue weighted by Gasteiger charge is 2.19. The molecule has 0 bridgehead atoms. The molecule has 0 fully saturated rings. The van der Waals surface area contributed by atoms with E-state index in [0.717, 1.165) is 24.8 Å². The lowest BCUT2D eigenvalue weighted by molar-refractivity contribution is -0.139. The van der Waals surface area contributed by atoms with Gasteiger partial charge in [-0.1, -0.05) is 18.2 Å². The first-order valence-corrected chi connectivity index (χ1v) is 5.69. The number of aliphatic carboxylic acids is 1. The lowest BCUT2D eigenvalue weighted by Crippen LogP contribution is -2.12. The van der Waals surface area contributed by atoms with E-state index in [4.69, 9.17) is 5.11 Å².